The molecular formula is C27H26ClN5O5. The van der Waals surface area contributed by atoms with Crippen LogP contribution >= 0.6 is 11.6 Å². The van der Waals surface area contributed by atoms with E-state index in [0.29, 0.717) is 16.3 Å². The molecule has 0 aliphatic carbocycles. The minimum Gasteiger partial charge on any atom is -0.481 e. The molecule has 11 heteroatoms. The van der Waals surface area contributed by atoms with Gasteiger partial charge >= 0.3 is 12.0 Å². The molecule has 196 valence electrons. The van der Waals surface area contributed by atoms with Gasteiger partial charge in [-0.25, -0.2) is 4.79 Å². The molecule has 0 radical (unpaired) electrons. The van der Waals surface area contributed by atoms with Gasteiger partial charge in [-0.3, -0.25) is 9.59 Å². The van der Waals surface area contributed by atoms with Gasteiger partial charge in [-0.1, -0.05) is 64.8 Å². The molecule has 2 aromatic heterocycles. The van der Waals surface area contributed by atoms with Crippen molar-refractivity contribution in [2.75, 3.05) is 10.6 Å². The van der Waals surface area contributed by atoms with Crippen LogP contribution in [0, 0.1) is 13.8 Å². The average Bonchev–Trinajstić information content (AvgIpc) is 3.28. The smallest absolute Gasteiger partial charge is 0.319 e. The Morgan fingerprint density at radius 3 is 2.50 bits per heavy atom. The van der Waals surface area contributed by atoms with E-state index in [1.165, 1.54) is 4.57 Å². The number of rotatable bonds is 9. The normalized spacial score (nSPS) is 11.6. The number of carbonyl (C=O) groups excluding carboxylic acids is 1. The second-order valence-corrected chi connectivity index (χ2v) is 9.15. The molecule has 0 spiro atoms. The Morgan fingerprint density at radius 2 is 1.84 bits per heavy atom. The van der Waals surface area contributed by atoms with Crippen LogP contribution in [-0.2, 0) is 11.3 Å². The lowest BCUT2D eigenvalue weighted by Crippen LogP contribution is -2.36. The predicted octanol–water partition coefficient (Wildman–Crippen LogP) is 5.24. The number of carbonyl (C=O) groups is 2. The number of anilines is 3. The zero-order chi connectivity index (χ0) is 27.2. The molecule has 10 nitrogen and oxygen atoms in total. The Bertz CT molecular complexity index is 1510. The quantitative estimate of drug-likeness (QED) is 0.230. The van der Waals surface area contributed by atoms with Crippen LogP contribution in [0.1, 0.15) is 34.8 Å². The van der Waals surface area contributed by atoms with E-state index in [9.17, 15) is 19.5 Å². The molecule has 4 rings (SSSR count). The first-order valence-electron chi connectivity index (χ1n) is 11.7. The number of hydrogen-bond acceptors (Lipinski definition) is 6. The summed E-state index contributed by atoms with van der Waals surface area (Å²) in [5.41, 5.74) is 2.65. The first kappa shape index (κ1) is 26.5. The van der Waals surface area contributed by atoms with Crippen molar-refractivity contribution in [2.24, 2.45) is 0 Å². The van der Waals surface area contributed by atoms with Crippen molar-refractivity contribution >= 4 is 40.9 Å². The van der Waals surface area contributed by atoms with Gasteiger partial charge < -0.3 is 30.1 Å². The third-order valence-electron chi connectivity index (χ3n) is 5.75. The largest absolute Gasteiger partial charge is 0.481 e. The van der Waals surface area contributed by atoms with E-state index in [1.54, 1.807) is 55.6 Å². The number of aryl methyl sites for hydroxylation is 2. The van der Waals surface area contributed by atoms with Crippen molar-refractivity contribution in [2.45, 2.75) is 32.9 Å². The predicted molar refractivity (Wildman–Crippen MR) is 144 cm³/mol. The average molecular weight is 536 g/mol. The van der Waals surface area contributed by atoms with Gasteiger partial charge in [0.25, 0.3) is 5.56 Å². The van der Waals surface area contributed by atoms with Gasteiger partial charge in [-0.05, 0) is 37.1 Å². The molecule has 0 fully saturated rings. The molecule has 1 atom stereocenters. The van der Waals surface area contributed by atoms with E-state index in [4.69, 9.17) is 16.1 Å². The SMILES string of the molecule is Cc1ccc([C@H](CC(=O)O)NC(=O)Nc2c(Nc3cc(C)no3)ccn(Cc3ccccc3Cl)c2=O)cc1. The fraction of sp³-hybridized carbons (Fsp3) is 0.185. The molecule has 0 saturated carbocycles. The molecular weight excluding hydrogens is 510 g/mol. The topological polar surface area (TPSA) is 138 Å². The molecule has 2 aromatic carbocycles. The van der Waals surface area contributed by atoms with Gasteiger partial charge in [-0.2, -0.15) is 0 Å². The monoisotopic (exact) mass is 535 g/mol. The molecule has 38 heavy (non-hydrogen) atoms. The number of carboxylic acids is 1. The van der Waals surface area contributed by atoms with Gasteiger partial charge in [0, 0.05) is 17.3 Å². The number of pyridine rings is 1. The lowest BCUT2D eigenvalue weighted by molar-refractivity contribution is -0.137. The first-order chi connectivity index (χ1) is 18.2. The second-order valence-electron chi connectivity index (χ2n) is 8.75. The van der Waals surface area contributed by atoms with E-state index in [-0.39, 0.29) is 30.2 Å². The second kappa shape index (κ2) is 11.7. The number of aliphatic carboxylic acids is 1. The maximum atomic E-state index is 13.5. The van der Waals surface area contributed by atoms with Crippen LogP contribution in [0.5, 0.6) is 0 Å². The van der Waals surface area contributed by atoms with E-state index in [1.807, 2.05) is 25.1 Å². The summed E-state index contributed by atoms with van der Waals surface area (Å²) in [5.74, 6) is -0.807. The van der Waals surface area contributed by atoms with Crippen LogP contribution in [0.3, 0.4) is 0 Å². The highest BCUT2D eigenvalue weighted by atomic mass is 35.5. The summed E-state index contributed by atoms with van der Waals surface area (Å²) >= 11 is 6.28. The number of halogens is 1. The lowest BCUT2D eigenvalue weighted by Gasteiger charge is -2.19. The van der Waals surface area contributed by atoms with E-state index in [2.05, 4.69) is 21.1 Å². The van der Waals surface area contributed by atoms with Crippen molar-refractivity contribution < 1.29 is 19.2 Å². The van der Waals surface area contributed by atoms with Gasteiger partial charge in [0.1, 0.15) is 5.69 Å². The van der Waals surface area contributed by atoms with E-state index >= 15 is 0 Å². The van der Waals surface area contributed by atoms with Crippen LogP contribution in [0.25, 0.3) is 0 Å². The van der Waals surface area contributed by atoms with Crippen molar-refractivity contribution in [1.82, 2.24) is 15.0 Å². The van der Waals surface area contributed by atoms with Gasteiger partial charge in [0.15, 0.2) is 0 Å². The standard InChI is InChI=1S/C27H26ClN5O5/c1-16-7-9-18(10-8-16)22(14-24(34)35)30-27(37)31-25-21(29-23-13-17(2)32-38-23)11-12-33(26(25)36)15-19-5-3-4-6-20(19)28/h3-13,22,29H,14-15H2,1-2H3,(H,34,35)(H2,30,31,37)/t22-/m0/s1. The van der Waals surface area contributed by atoms with E-state index in [0.717, 1.165) is 11.1 Å². The molecule has 0 aliphatic heterocycles. The summed E-state index contributed by atoms with van der Waals surface area (Å²) in [6.07, 6.45) is 1.23. The number of hydrogen-bond donors (Lipinski definition) is 4. The molecule has 0 aliphatic rings. The Hall–Kier alpha value is -4.57. The zero-order valence-electron chi connectivity index (χ0n) is 20.7. The van der Waals surface area contributed by atoms with Crippen molar-refractivity contribution in [3.63, 3.8) is 0 Å². The zero-order valence-corrected chi connectivity index (χ0v) is 21.5. The third-order valence-corrected chi connectivity index (χ3v) is 6.12. The minimum atomic E-state index is -1.08. The fourth-order valence-electron chi connectivity index (χ4n) is 3.82. The lowest BCUT2D eigenvalue weighted by atomic mass is 10.0. The summed E-state index contributed by atoms with van der Waals surface area (Å²) in [6.45, 7) is 3.82. The molecule has 0 saturated heterocycles. The molecule has 0 unspecified atom stereocenters. The molecule has 4 N–H and O–H groups in total. The number of urea groups is 1. The van der Waals surface area contributed by atoms with E-state index < -0.39 is 23.6 Å². The summed E-state index contributed by atoms with van der Waals surface area (Å²) in [6, 6.07) is 16.0. The van der Waals surface area contributed by atoms with Gasteiger partial charge in [0.2, 0.25) is 5.88 Å². The summed E-state index contributed by atoms with van der Waals surface area (Å²) in [4.78, 5) is 38.1. The van der Waals surface area contributed by atoms with Crippen molar-refractivity contribution in [1.29, 1.82) is 0 Å². The number of carboxylic acid groups (broad SMARTS) is 1. The van der Waals surface area contributed by atoms with Crippen LogP contribution < -0.4 is 21.5 Å². The first-order valence-corrected chi connectivity index (χ1v) is 12.1. The van der Waals surface area contributed by atoms with Crippen molar-refractivity contribution in [3.8, 4) is 0 Å². The van der Waals surface area contributed by atoms with Crippen LogP contribution in [0.15, 0.2) is 76.2 Å². The highest BCUT2D eigenvalue weighted by molar-refractivity contribution is 6.31. The molecule has 2 heterocycles. The van der Waals surface area contributed by atoms with Crippen LogP contribution in [0.2, 0.25) is 5.02 Å². The van der Waals surface area contributed by atoms with Crippen LogP contribution in [-0.4, -0.2) is 26.8 Å². The maximum absolute atomic E-state index is 13.5. The number of benzene rings is 2. The molecule has 2 amide bonds. The van der Waals surface area contributed by atoms with Crippen LogP contribution in [0.4, 0.5) is 22.1 Å². The maximum Gasteiger partial charge on any atom is 0.319 e. The van der Waals surface area contributed by atoms with Gasteiger partial charge in [-0.15, -0.1) is 0 Å². The molecule has 4 aromatic rings. The van der Waals surface area contributed by atoms with Gasteiger partial charge in [0.05, 0.1) is 30.4 Å². The fourth-order valence-corrected chi connectivity index (χ4v) is 4.02. The van der Waals surface area contributed by atoms with Crippen molar-refractivity contribution in [3.05, 3.63) is 105 Å². The highest BCUT2D eigenvalue weighted by Gasteiger charge is 2.21. The number of nitrogens with zero attached hydrogens (tertiary/aromatic N) is 2. The number of nitrogens with one attached hydrogen (secondary N) is 3. The molecule has 0 bridgehead atoms. The Labute approximate surface area is 223 Å². The summed E-state index contributed by atoms with van der Waals surface area (Å²) < 4.78 is 6.61. The Balaban J connectivity index is 1.65. The Kier molecular flexibility index (Phi) is 8.12. The highest BCUT2D eigenvalue weighted by Crippen LogP contribution is 2.25. The third kappa shape index (κ3) is 6.60. The number of amides is 2. The number of aromatic nitrogens is 2. The summed E-state index contributed by atoms with van der Waals surface area (Å²) in [7, 11) is 0. The minimum absolute atomic E-state index is 0.0657. The Morgan fingerprint density at radius 1 is 1.11 bits per heavy atom. The summed E-state index contributed by atoms with van der Waals surface area (Å²) in [5, 5.41) is 21.9.